The monoisotopic (exact) mass is 378 g/mol. The van der Waals surface area contributed by atoms with Gasteiger partial charge in [0.2, 0.25) is 0 Å². The van der Waals surface area contributed by atoms with Crippen LogP contribution < -0.4 is 9.80 Å². The summed E-state index contributed by atoms with van der Waals surface area (Å²) >= 11 is 6.01. The summed E-state index contributed by atoms with van der Waals surface area (Å²) in [5, 5.41) is 0.816. The summed E-state index contributed by atoms with van der Waals surface area (Å²) in [6.45, 7) is 5.88. The maximum Gasteiger partial charge on any atom is 0.139 e. The van der Waals surface area contributed by atoms with Crippen LogP contribution in [0.5, 0.6) is 0 Å². The van der Waals surface area contributed by atoms with E-state index in [1.807, 2.05) is 12.1 Å². The number of hydrogen-bond acceptors (Lipinski definition) is 0. The van der Waals surface area contributed by atoms with Crippen molar-refractivity contribution in [2.45, 2.75) is 12.6 Å². The lowest BCUT2D eigenvalue weighted by atomic mass is 9.96. The van der Waals surface area contributed by atoms with Gasteiger partial charge in [-0.2, -0.15) is 0 Å². The quantitative estimate of drug-likeness (QED) is 0.674. The minimum atomic E-state index is 0.421. The number of nitrogens with one attached hydrogen (secondary N) is 2. The van der Waals surface area contributed by atoms with Gasteiger partial charge >= 0.3 is 0 Å². The number of rotatable bonds is 5. The fraction of sp³-hybridized carbons (Fsp3) is 0.250. The lowest BCUT2D eigenvalue weighted by Gasteiger charge is -2.35. The summed E-state index contributed by atoms with van der Waals surface area (Å²) in [5.41, 5.74) is 4.21. The predicted octanol–water partition coefficient (Wildman–Crippen LogP) is 2.41. The molecule has 1 aliphatic heterocycles. The van der Waals surface area contributed by atoms with E-state index in [0.29, 0.717) is 6.04 Å². The van der Waals surface area contributed by atoms with Gasteiger partial charge in [-0.15, -0.1) is 0 Å². The van der Waals surface area contributed by atoms with E-state index in [9.17, 15) is 0 Å². The Morgan fingerprint density at radius 1 is 0.667 bits per heavy atom. The average Bonchev–Trinajstić information content (AvgIpc) is 2.73. The molecule has 27 heavy (non-hydrogen) atoms. The molecular formula is C24H27ClN2+2. The second-order valence-electron chi connectivity index (χ2n) is 7.47. The highest BCUT2D eigenvalue weighted by atomic mass is 35.5. The molecule has 138 valence electrons. The first-order valence-corrected chi connectivity index (χ1v) is 10.2. The molecule has 1 heterocycles. The molecule has 0 aromatic heterocycles. The Morgan fingerprint density at radius 2 is 1.19 bits per heavy atom. The topological polar surface area (TPSA) is 8.88 Å². The first kappa shape index (κ1) is 18.2. The zero-order chi connectivity index (χ0) is 18.5. The van der Waals surface area contributed by atoms with E-state index < -0.39 is 0 Å². The van der Waals surface area contributed by atoms with E-state index >= 15 is 0 Å². The first-order valence-electron chi connectivity index (χ1n) is 9.82. The van der Waals surface area contributed by atoms with Gasteiger partial charge in [0.15, 0.2) is 0 Å². The van der Waals surface area contributed by atoms with E-state index in [4.69, 9.17) is 11.6 Å². The van der Waals surface area contributed by atoms with E-state index in [-0.39, 0.29) is 0 Å². The van der Waals surface area contributed by atoms with Crippen LogP contribution in [0.1, 0.15) is 22.7 Å². The zero-order valence-electron chi connectivity index (χ0n) is 15.6. The van der Waals surface area contributed by atoms with E-state index in [1.54, 1.807) is 9.80 Å². The third-order valence-electron chi connectivity index (χ3n) is 5.64. The molecule has 0 amide bonds. The maximum absolute atomic E-state index is 6.01. The Balaban J connectivity index is 1.46. The Labute approximate surface area is 167 Å². The van der Waals surface area contributed by atoms with Crippen LogP contribution in [-0.4, -0.2) is 26.2 Å². The largest absolute Gasteiger partial charge is 0.322 e. The van der Waals surface area contributed by atoms with Gasteiger partial charge in [-0.3, -0.25) is 0 Å². The molecular weight excluding hydrogens is 352 g/mol. The zero-order valence-corrected chi connectivity index (χ0v) is 16.3. The number of quaternary nitrogens is 2. The third-order valence-corrected chi connectivity index (χ3v) is 5.89. The Kier molecular flexibility index (Phi) is 5.88. The van der Waals surface area contributed by atoms with Gasteiger partial charge in [0.25, 0.3) is 0 Å². The second-order valence-corrected chi connectivity index (χ2v) is 7.90. The summed E-state index contributed by atoms with van der Waals surface area (Å²) in [7, 11) is 0. The van der Waals surface area contributed by atoms with Crippen LogP contribution in [0.3, 0.4) is 0 Å². The highest BCUT2D eigenvalue weighted by Crippen LogP contribution is 2.18. The number of piperazine rings is 1. The lowest BCUT2D eigenvalue weighted by molar-refractivity contribution is -1.03. The lowest BCUT2D eigenvalue weighted by Crippen LogP contribution is -3.27. The molecule has 0 aliphatic carbocycles. The number of benzene rings is 3. The van der Waals surface area contributed by atoms with E-state index in [2.05, 4.69) is 72.8 Å². The fourth-order valence-electron chi connectivity index (χ4n) is 4.24. The average molecular weight is 379 g/mol. The second kappa shape index (κ2) is 8.71. The van der Waals surface area contributed by atoms with Crippen LogP contribution in [0.4, 0.5) is 0 Å². The van der Waals surface area contributed by atoms with Crippen LogP contribution in [0.15, 0.2) is 84.9 Å². The maximum atomic E-state index is 6.01. The molecule has 0 radical (unpaired) electrons. The minimum absolute atomic E-state index is 0.421. The summed E-state index contributed by atoms with van der Waals surface area (Å²) in [6, 6.07) is 30.7. The van der Waals surface area contributed by atoms with Crippen molar-refractivity contribution in [3.8, 4) is 0 Å². The van der Waals surface area contributed by atoms with Crippen molar-refractivity contribution in [1.82, 2.24) is 0 Å². The van der Waals surface area contributed by atoms with Crippen LogP contribution >= 0.6 is 11.6 Å². The van der Waals surface area contributed by atoms with Crippen molar-refractivity contribution >= 4 is 11.6 Å². The smallest absolute Gasteiger partial charge is 0.139 e. The Bertz CT molecular complexity index is 786. The molecule has 1 aliphatic rings. The van der Waals surface area contributed by atoms with Crippen molar-refractivity contribution < 1.29 is 9.80 Å². The molecule has 3 aromatic rings. The Hall–Kier alpha value is -2.13. The van der Waals surface area contributed by atoms with Gasteiger partial charge in [-0.25, -0.2) is 0 Å². The van der Waals surface area contributed by atoms with Crippen LogP contribution in [0.25, 0.3) is 0 Å². The summed E-state index contributed by atoms with van der Waals surface area (Å²) < 4.78 is 0. The molecule has 1 fully saturated rings. The van der Waals surface area contributed by atoms with Crippen molar-refractivity contribution in [3.63, 3.8) is 0 Å². The first-order chi connectivity index (χ1) is 13.3. The predicted molar refractivity (Wildman–Crippen MR) is 111 cm³/mol. The molecule has 0 spiro atoms. The molecule has 0 bridgehead atoms. The van der Waals surface area contributed by atoms with Gasteiger partial charge in [0, 0.05) is 21.7 Å². The molecule has 0 unspecified atom stereocenters. The molecule has 3 aromatic carbocycles. The summed E-state index contributed by atoms with van der Waals surface area (Å²) in [6.07, 6.45) is 0. The van der Waals surface area contributed by atoms with Crippen LogP contribution in [-0.2, 0) is 6.54 Å². The molecule has 2 nitrogen and oxygen atoms in total. The van der Waals surface area contributed by atoms with Crippen LogP contribution in [0, 0.1) is 0 Å². The third kappa shape index (κ3) is 4.59. The van der Waals surface area contributed by atoms with Gasteiger partial charge in [0.05, 0.1) is 0 Å². The fourth-order valence-corrected chi connectivity index (χ4v) is 4.36. The molecule has 1 saturated heterocycles. The van der Waals surface area contributed by atoms with E-state index in [0.717, 1.165) is 11.6 Å². The SMILES string of the molecule is Clc1ccc(C[NH+]2CC[NH+](C(c3ccccc3)c3ccccc3)CC2)cc1. The molecule has 2 N–H and O–H groups in total. The van der Waals surface area contributed by atoms with Gasteiger partial charge in [-0.05, 0) is 12.1 Å². The number of halogens is 1. The Morgan fingerprint density at radius 3 is 1.70 bits per heavy atom. The molecule has 4 rings (SSSR count). The minimum Gasteiger partial charge on any atom is -0.322 e. The van der Waals surface area contributed by atoms with Gasteiger partial charge < -0.3 is 9.80 Å². The van der Waals surface area contributed by atoms with Gasteiger partial charge in [-0.1, -0.05) is 84.4 Å². The highest BCUT2D eigenvalue weighted by Gasteiger charge is 2.31. The standard InChI is InChI=1S/C24H25ClN2/c25-23-13-11-20(12-14-23)19-26-15-17-27(18-16-26)24(21-7-3-1-4-8-21)22-9-5-2-6-10-22/h1-14,24H,15-19H2/p+2. The normalized spacial score (nSPS) is 19.9. The van der Waals surface area contributed by atoms with Crippen molar-refractivity contribution in [1.29, 1.82) is 0 Å². The van der Waals surface area contributed by atoms with Crippen molar-refractivity contribution in [3.05, 3.63) is 107 Å². The summed E-state index contributed by atoms with van der Waals surface area (Å²) in [5.74, 6) is 0. The summed E-state index contributed by atoms with van der Waals surface area (Å²) in [4.78, 5) is 3.34. The van der Waals surface area contributed by atoms with E-state index in [1.165, 1.54) is 42.9 Å². The van der Waals surface area contributed by atoms with Crippen LogP contribution in [0.2, 0.25) is 5.02 Å². The molecule has 0 saturated carbocycles. The van der Waals surface area contributed by atoms with Crippen molar-refractivity contribution in [2.75, 3.05) is 26.2 Å². The van der Waals surface area contributed by atoms with Crippen molar-refractivity contribution in [2.24, 2.45) is 0 Å². The number of hydrogen-bond donors (Lipinski definition) is 2. The molecule has 0 atom stereocenters. The molecule has 3 heteroatoms. The van der Waals surface area contributed by atoms with Gasteiger partial charge in [0.1, 0.15) is 38.8 Å². The highest BCUT2D eigenvalue weighted by molar-refractivity contribution is 6.30.